The van der Waals surface area contributed by atoms with Gasteiger partial charge >= 0.3 is 0 Å². The van der Waals surface area contributed by atoms with Crippen molar-refractivity contribution in [1.29, 1.82) is 0 Å². The van der Waals surface area contributed by atoms with E-state index in [1.165, 1.54) is 12.8 Å². The van der Waals surface area contributed by atoms with Gasteiger partial charge in [-0.15, -0.1) is 0 Å². The van der Waals surface area contributed by atoms with Crippen LogP contribution >= 0.6 is 0 Å². The summed E-state index contributed by atoms with van der Waals surface area (Å²) in [6, 6.07) is 0. The third kappa shape index (κ3) is 3.05. The molecule has 0 radical (unpaired) electrons. The largest absolute Gasteiger partial charge is 0.348 e. The highest BCUT2D eigenvalue weighted by atomic mass is 16.7. The predicted octanol–water partition coefficient (Wildman–Crippen LogP) is 2.68. The van der Waals surface area contributed by atoms with E-state index in [9.17, 15) is 4.79 Å². The first kappa shape index (κ1) is 12.1. The molecule has 2 atom stereocenters. The van der Waals surface area contributed by atoms with Gasteiger partial charge in [-0.3, -0.25) is 4.79 Å². The number of ketones is 1. The Bertz CT molecular complexity index is 260. The fourth-order valence-corrected chi connectivity index (χ4v) is 2.68. The Labute approximate surface area is 97.5 Å². The molecule has 0 amide bonds. The van der Waals surface area contributed by atoms with Crippen LogP contribution < -0.4 is 0 Å². The number of rotatable bonds is 2. The van der Waals surface area contributed by atoms with Crippen LogP contribution in [-0.2, 0) is 14.3 Å². The maximum atomic E-state index is 11.9. The third-order valence-corrected chi connectivity index (χ3v) is 3.55. The van der Waals surface area contributed by atoms with E-state index in [1.807, 2.05) is 13.8 Å². The Morgan fingerprint density at radius 2 is 2.12 bits per heavy atom. The summed E-state index contributed by atoms with van der Waals surface area (Å²) < 4.78 is 11.3. The number of ether oxygens (including phenoxy) is 2. The molecule has 0 aromatic carbocycles. The molecule has 1 aliphatic carbocycles. The molecule has 2 rings (SSSR count). The van der Waals surface area contributed by atoms with Crippen LogP contribution in [0.2, 0.25) is 0 Å². The highest BCUT2D eigenvalue weighted by molar-refractivity contribution is 5.81. The zero-order valence-electron chi connectivity index (χ0n) is 10.3. The second-order valence-electron chi connectivity index (χ2n) is 5.45. The first-order valence-corrected chi connectivity index (χ1v) is 6.41. The summed E-state index contributed by atoms with van der Waals surface area (Å²) in [6.07, 6.45) is 6.23. The summed E-state index contributed by atoms with van der Waals surface area (Å²) in [5.74, 6) is 0.189. The van der Waals surface area contributed by atoms with Gasteiger partial charge in [0.15, 0.2) is 5.79 Å². The van der Waals surface area contributed by atoms with Crippen LogP contribution in [0.4, 0.5) is 0 Å². The monoisotopic (exact) mass is 226 g/mol. The Morgan fingerprint density at radius 3 is 2.81 bits per heavy atom. The molecule has 1 saturated heterocycles. The normalized spacial score (nSPS) is 35.0. The van der Waals surface area contributed by atoms with Gasteiger partial charge in [0.25, 0.3) is 0 Å². The maximum absolute atomic E-state index is 11.9. The smallest absolute Gasteiger partial charge is 0.163 e. The van der Waals surface area contributed by atoms with Gasteiger partial charge in [0.05, 0.1) is 12.7 Å². The quantitative estimate of drug-likeness (QED) is 0.679. The molecule has 92 valence electrons. The molecular formula is C13H22O3. The van der Waals surface area contributed by atoms with Crippen LogP contribution in [0.25, 0.3) is 0 Å². The number of hydrogen-bond acceptors (Lipinski definition) is 3. The molecule has 2 aliphatic rings. The van der Waals surface area contributed by atoms with Crippen molar-refractivity contribution in [2.75, 3.05) is 6.61 Å². The van der Waals surface area contributed by atoms with Crippen molar-refractivity contribution in [3.8, 4) is 0 Å². The lowest BCUT2D eigenvalue weighted by atomic mass is 9.93. The molecule has 0 spiro atoms. The second-order valence-corrected chi connectivity index (χ2v) is 5.45. The van der Waals surface area contributed by atoms with Crippen LogP contribution in [-0.4, -0.2) is 24.3 Å². The Morgan fingerprint density at radius 1 is 1.31 bits per heavy atom. The molecule has 0 unspecified atom stereocenters. The number of carbonyl (C=O) groups is 1. The number of carbonyl (C=O) groups excluding carboxylic acids is 1. The molecule has 0 N–H and O–H groups in total. The third-order valence-electron chi connectivity index (χ3n) is 3.55. The summed E-state index contributed by atoms with van der Waals surface area (Å²) in [5.41, 5.74) is 0. The lowest BCUT2D eigenvalue weighted by molar-refractivity contribution is -0.142. The summed E-state index contributed by atoms with van der Waals surface area (Å²) in [4.78, 5) is 11.9. The Balaban J connectivity index is 1.86. The lowest BCUT2D eigenvalue weighted by Gasteiger charge is -2.19. The molecule has 1 aliphatic heterocycles. The lowest BCUT2D eigenvalue weighted by Crippen LogP contribution is -2.25. The van der Waals surface area contributed by atoms with E-state index in [0.29, 0.717) is 12.4 Å². The van der Waals surface area contributed by atoms with Crippen LogP contribution in [0.1, 0.15) is 52.4 Å². The van der Waals surface area contributed by atoms with E-state index < -0.39 is 5.79 Å². The molecule has 3 heteroatoms. The van der Waals surface area contributed by atoms with Gasteiger partial charge in [0.2, 0.25) is 0 Å². The van der Waals surface area contributed by atoms with E-state index in [-0.39, 0.29) is 12.0 Å². The van der Waals surface area contributed by atoms with Gasteiger partial charge in [-0.05, 0) is 33.1 Å². The first-order valence-electron chi connectivity index (χ1n) is 6.41. The average Bonchev–Trinajstić information content (AvgIpc) is 2.41. The van der Waals surface area contributed by atoms with Crippen LogP contribution in [0.5, 0.6) is 0 Å². The second kappa shape index (κ2) is 4.84. The SMILES string of the molecule is CC1(C)OC[C@@H](C[C@@H]2CCCCCC2=O)O1. The fourth-order valence-electron chi connectivity index (χ4n) is 2.68. The summed E-state index contributed by atoms with van der Waals surface area (Å²) in [5, 5.41) is 0. The van der Waals surface area contributed by atoms with Crippen molar-refractivity contribution in [2.24, 2.45) is 5.92 Å². The minimum Gasteiger partial charge on any atom is -0.348 e. The minimum absolute atomic E-state index is 0.113. The van der Waals surface area contributed by atoms with E-state index in [4.69, 9.17) is 9.47 Å². The molecule has 3 nitrogen and oxygen atoms in total. The van der Waals surface area contributed by atoms with Gasteiger partial charge in [0, 0.05) is 12.3 Å². The van der Waals surface area contributed by atoms with Crippen LogP contribution in [0, 0.1) is 5.92 Å². The highest BCUT2D eigenvalue weighted by Crippen LogP contribution is 2.30. The van der Waals surface area contributed by atoms with Crippen molar-refractivity contribution in [1.82, 2.24) is 0 Å². The van der Waals surface area contributed by atoms with Gasteiger partial charge < -0.3 is 9.47 Å². The number of hydrogen-bond donors (Lipinski definition) is 0. The molecule has 1 saturated carbocycles. The molecule has 16 heavy (non-hydrogen) atoms. The van der Waals surface area contributed by atoms with E-state index in [1.54, 1.807) is 0 Å². The molecular weight excluding hydrogens is 204 g/mol. The average molecular weight is 226 g/mol. The van der Waals surface area contributed by atoms with Gasteiger partial charge in [0.1, 0.15) is 5.78 Å². The minimum atomic E-state index is -0.460. The zero-order valence-corrected chi connectivity index (χ0v) is 10.3. The maximum Gasteiger partial charge on any atom is 0.163 e. The molecule has 2 fully saturated rings. The van der Waals surface area contributed by atoms with E-state index in [2.05, 4.69) is 0 Å². The van der Waals surface area contributed by atoms with Gasteiger partial charge in [-0.1, -0.05) is 12.8 Å². The highest BCUT2D eigenvalue weighted by Gasteiger charge is 2.35. The number of Topliss-reactive ketones (excluding diaryl/α,β-unsaturated/α-hetero) is 1. The van der Waals surface area contributed by atoms with Crippen LogP contribution in [0.3, 0.4) is 0 Å². The summed E-state index contributed by atoms with van der Waals surface area (Å²) in [6.45, 7) is 4.50. The predicted molar refractivity (Wildman–Crippen MR) is 61.1 cm³/mol. The van der Waals surface area contributed by atoms with Crippen LogP contribution in [0.15, 0.2) is 0 Å². The fraction of sp³-hybridized carbons (Fsp3) is 0.923. The standard InChI is InChI=1S/C13H22O3/c1-13(2)15-9-11(16-13)8-10-6-4-3-5-7-12(10)14/h10-11H,3-9H2,1-2H3/t10-,11+/m0/s1. The topological polar surface area (TPSA) is 35.5 Å². The zero-order chi connectivity index (χ0) is 11.6. The Hall–Kier alpha value is -0.410. The summed E-state index contributed by atoms with van der Waals surface area (Å²) >= 11 is 0. The van der Waals surface area contributed by atoms with Crippen molar-refractivity contribution in [3.63, 3.8) is 0 Å². The van der Waals surface area contributed by atoms with E-state index in [0.717, 1.165) is 25.7 Å². The van der Waals surface area contributed by atoms with Gasteiger partial charge in [-0.2, -0.15) is 0 Å². The van der Waals surface area contributed by atoms with Crippen molar-refractivity contribution in [3.05, 3.63) is 0 Å². The van der Waals surface area contributed by atoms with E-state index >= 15 is 0 Å². The molecule has 0 aromatic heterocycles. The summed E-state index contributed by atoms with van der Waals surface area (Å²) in [7, 11) is 0. The molecule has 0 aromatic rings. The molecule has 1 heterocycles. The first-order chi connectivity index (χ1) is 7.57. The van der Waals surface area contributed by atoms with Gasteiger partial charge in [-0.25, -0.2) is 0 Å². The van der Waals surface area contributed by atoms with Crippen molar-refractivity contribution >= 4 is 5.78 Å². The van der Waals surface area contributed by atoms with Crippen molar-refractivity contribution < 1.29 is 14.3 Å². The molecule has 0 bridgehead atoms. The Kier molecular flexibility index (Phi) is 3.65. The van der Waals surface area contributed by atoms with Crippen molar-refractivity contribution in [2.45, 2.75) is 64.3 Å².